The van der Waals surface area contributed by atoms with E-state index in [-0.39, 0.29) is 0 Å². The molecule has 0 aliphatic rings. The van der Waals surface area contributed by atoms with Crippen LogP contribution in [0.4, 0.5) is 4.79 Å². The van der Waals surface area contributed by atoms with E-state index in [9.17, 15) is 9.36 Å². The zero-order valence-corrected chi connectivity index (χ0v) is 12.3. The van der Waals surface area contributed by atoms with Gasteiger partial charge in [-0.05, 0) is 18.2 Å². The fourth-order valence-electron chi connectivity index (χ4n) is 1.55. The van der Waals surface area contributed by atoms with Crippen molar-refractivity contribution in [2.24, 2.45) is 5.73 Å². The lowest BCUT2D eigenvalue weighted by molar-refractivity contribution is 0.211. The Bertz CT molecular complexity index is 468. The van der Waals surface area contributed by atoms with E-state index in [4.69, 9.17) is 10.5 Å². The first-order chi connectivity index (χ1) is 7.92. The summed E-state index contributed by atoms with van der Waals surface area (Å²) in [7, 11) is -2.42. The Morgan fingerprint density at radius 3 is 2.47 bits per heavy atom. The molecule has 1 aromatic rings. The molecule has 0 heterocycles. The van der Waals surface area contributed by atoms with Crippen LogP contribution in [0.1, 0.15) is 13.8 Å². The summed E-state index contributed by atoms with van der Waals surface area (Å²) >= 11 is 3.37. The minimum Gasteiger partial charge on any atom is -0.410 e. The van der Waals surface area contributed by atoms with E-state index < -0.39 is 13.2 Å². The number of nitrogens with two attached hydrogens (primary N) is 1. The molecule has 0 aliphatic carbocycles. The number of ether oxygens (including phenoxy) is 1. The summed E-state index contributed by atoms with van der Waals surface area (Å²) in [5.41, 5.74) is 4.94. The first-order valence-corrected chi connectivity index (χ1v) is 8.15. The largest absolute Gasteiger partial charge is 0.410 e. The van der Waals surface area contributed by atoms with Crippen LogP contribution in [0, 0.1) is 0 Å². The highest BCUT2D eigenvalue weighted by Crippen LogP contribution is 2.46. The van der Waals surface area contributed by atoms with Crippen molar-refractivity contribution >= 4 is 34.5 Å². The quantitative estimate of drug-likeness (QED) is 0.867. The number of rotatable bonds is 4. The molecular weight excluding hydrogens is 305 g/mol. The highest BCUT2D eigenvalue weighted by atomic mass is 79.9. The van der Waals surface area contributed by atoms with Crippen molar-refractivity contribution in [3.63, 3.8) is 0 Å². The maximum atomic E-state index is 12.6. The number of benzene rings is 1. The molecule has 0 fully saturated rings. The molecule has 0 aliphatic heterocycles. The van der Waals surface area contributed by atoms with Gasteiger partial charge in [0.1, 0.15) is 12.9 Å². The molecule has 1 amide bonds. The zero-order valence-electron chi connectivity index (χ0n) is 9.77. The van der Waals surface area contributed by atoms with Gasteiger partial charge in [0.05, 0.1) is 0 Å². The van der Waals surface area contributed by atoms with Gasteiger partial charge in [-0.3, -0.25) is 0 Å². The molecule has 1 aromatic carbocycles. The number of hydrogen-bond donors (Lipinski definition) is 1. The molecule has 17 heavy (non-hydrogen) atoms. The minimum absolute atomic E-state index is 0.317. The lowest BCUT2D eigenvalue weighted by Crippen LogP contribution is -2.18. The first kappa shape index (κ1) is 14.3. The summed E-state index contributed by atoms with van der Waals surface area (Å²) in [4.78, 5) is 10.7. The summed E-state index contributed by atoms with van der Waals surface area (Å²) in [6.07, 6.45) is 0.269. The molecule has 0 spiro atoms. The smallest absolute Gasteiger partial charge is 0.409 e. The average molecular weight is 320 g/mol. The van der Waals surface area contributed by atoms with Gasteiger partial charge < -0.3 is 15.0 Å². The van der Waals surface area contributed by atoms with Gasteiger partial charge >= 0.3 is 6.09 Å². The maximum absolute atomic E-state index is 12.6. The third-order valence-corrected chi connectivity index (χ3v) is 6.89. The van der Waals surface area contributed by atoms with Crippen molar-refractivity contribution in [1.82, 2.24) is 0 Å². The standard InChI is InChI=1S/C11H15BrNO3P/c1-3-17(15,4-2)10-7-8(16-11(13)14)5-6-9(10)12/h5-7H,3-4H2,1-2H3,(H2,13,14). The lowest BCUT2D eigenvalue weighted by atomic mass is 10.3. The van der Waals surface area contributed by atoms with Crippen LogP contribution in [-0.4, -0.2) is 18.4 Å². The molecule has 0 saturated carbocycles. The Morgan fingerprint density at radius 2 is 2.00 bits per heavy atom. The second kappa shape index (κ2) is 5.69. The van der Waals surface area contributed by atoms with E-state index in [2.05, 4.69) is 15.9 Å². The van der Waals surface area contributed by atoms with Crippen LogP contribution < -0.4 is 15.8 Å². The zero-order chi connectivity index (χ0) is 13.1. The van der Waals surface area contributed by atoms with Gasteiger partial charge in [0.15, 0.2) is 0 Å². The second-order valence-corrected chi connectivity index (χ2v) is 7.94. The number of halogens is 1. The Balaban J connectivity index is 3.23. The van der Waals surface area contributed by atoms with Crippen molar-refractivity contribution in [3.05, 3.63) is 22.7 Å². The van der Waals surface area contributed by atoms with Crippen LogP contribution in [0.15, 0.2) is 22.7 Å². The average Bonchev–Trinajstić information content (AvgIpc) is 2.30. The van der Waals surface area contributed by atoms with Gasteiger partial charge in [-0.2, -0.15) is 0 Å². The predicted octanol–water partition coefficient (Wildman–Crippen LogP) is 2.93. The Kier molecular flexibility index (Phi) is 4.78. The number of primary amides is 1. The predicted molar refractivity (Wildman–Crippen MR) is 72.7 cm³/mol. The van der Waals surface area contributed by atoms with Crippen molar-refractivity contribution in [2.45, 2.75) is 13.8 Å². The van der Waals surface area contributed by atoms with Gasteiger partial charge in [0.25, 0.3) is 0 Å². The van der Waals surface area contributed by atoms with E-state index >= 15 is 0 Å². The SMILES string of the molecule is CCP(=O)(CC)c1cc(OC(N)=O)ccc1Br. The molecule has 6 heteroatoms. The summed E-state index contributed by atoms with van der Waals surface area (Å²) in [5, 5.41) is 0.696. The third-order valence-electron chi connectivity index (χ3n) is 2.60. The molecule has 0 aromatic heterocycles. The highest BCUT2D eigenvalue weighted by Gasteiger charge is 2.23. The normalized spacial score (nSPS) is 11.2. The van der Waals surface area contributed by atoms with E-state index in [0.717, 1.165) is 4.47 Å². The molecule has 0 bridgehead atoms. The summed E-state index contributed by atoms with van der Waals surface area (Å²) in [6.45, 7) is 3.77. The van der Waals surface area contributed by atoms with Crippen molar-refractivity contribution < 1.29 is 14.1 Å². The third kappa shape index (κ3) is 3.33. The highest BCUT2D eigenvalue weighted by molar-refractivity contribution is 9.10. The molecule has 94 valence electrons. The second-order valence-electron chi connectivity index (χ2n) is 3.56. The molecule has 0 radical (unpaired) electrons. The van der Waals surface area contributed by atoms with Crippen LogP contribution in [-0.2, 0) is 4.57 Å². The molecule has 0 atom stereocenters. The first-order valence-electron chi connectivity index (χ1n) is 5.28. The van der Waals surface area contributed by atoms with Gasteiger partial charge in [0.2, 0.25) is 0 Å². The van der Waals surface area contributed by atoms with Gasteiger partial charge in [-0.15, -0.1) is 0 Å². The Hall–Kier alpha value is -0.800. The van der Waals surface area contributed by atoms with Crippen LogP contribution in [0.5, 0.6) is 5.75 Å². The van der Waals surface area contributed by atoms with Crippen molar-refractivity contribution in [3.8, 4) is 5.75 Å². The number of amides is 1. The van der Waals surface area contributed by atoms with Gasteiger partial charge in [-0.1, -0.05) is 29.8 Å². The van der Waals surface area contributed by atoms with Crippen LogP contribution in [0.25, 0.3) is 0 Å². The van der Waals surface area contributed by atoms with Gasteiger partial charge in [0, 0.05) is 22.1 Å². The number of carbonyl (C=O) groups excluding carboxylic acids is 1. The molecule has 2 N–H and O–H groups in total. The Labute approximate surface area is 109 Å². The molecule has 0 unspecified atom stereocenters. The number of carbonyl (C=O) groups is 1. The van der Waals surface area contributed by atoms with Crippen LogP contribution >= 0.6 is 23.1 Å². The maximum Gasteiger partial charge on any atom is 0.409 e. The molecular formula is C11H15BrNO3P. The van der Waals surface area contributed by atoms with Crippen LogP contribution in [0.3, 0.4) is 0 Å². The number of hydrogen-bond acceptors (Lipinski definition) is 3. The fourth-order valence-corrected chi connectivity index (χ4v) is 4.72. The molecule has 0 saturated heterocycles. The van der Waals surface area contributed by atoms with Crippen molar-refractivity contribution in [1.29, 1.82) is 0 Å². The topological polar surface area (TPSA) is 69.4 Å². The summed E-state index contributed by atoms with van der Waals surface area (Å²) in [6, 6.07) is 4.93. The van der Waals surface area contributed by atoms with E-state index in [1.807, 2.05) is 13.8 Å². The summed E-state index contributed by atoms with van der Waals surface area (Å²) in [5.74, 6) is 0.317. The lowest BCUT2D eigenvalue weighted by Gasteiger charge is -2.17. The van der Waals surface area contributed by atoms with E-state index in [0.29, 0.717) is 23.4 Å². The van der Waals surface area contributed by atoms with Crippen molar-refractivity contribution in [2.75, 3.05) is 12.3 Å². The molecule has 1 rings (SSSR count). The minimum atomic E-state index is -2.42. The van der Waals surface area contributed by atoms with E-state index in [1.165, 1.54) is 0 Å². The van der Waals surface area contributed by atoms with Crippen LogP contribution in [0.2, 0.25) is 0 Å². The fraction of sp³-hybridized carbons (Fsp3) is 0.364. The van der Waals surface area contributed by atoms with Gasteiger partial charge in [-0.25, -0.2) is 4.79 Å². The van der Waals surface area contributed by atoms with E-state index in [1.54, 1.807) is 18.2 Å². The Morgan fingerprint density at radius 1 is 1.41 bits per heavy atom. The molecule has 4 nitrogen and oxygen atoms in total. The summed E-state index contributed by atoms with van der Waals surface area (Å²) < 4.78 is 18.2. The monoisotopic (exact) mass is 319 g/mol.